The smallest absolute Gasteiger partial charge is 0.251 e. The van der Waals surface area contributed by atoms with Crippen LogP contribution in [0.3, 0.4) is 0 Å². The fourth-order valence-electron chi connectivity index (χ4n) is 3.24. The Labute approximate surface area is 202 Å². The van der Waals surface area contributed by atoms with E-state index in [-0.39, 0.29) is 17.6 Å². The van der Waals surface area contributed by atoms with Gasteiger partial charge in [0, 0.05) is 22.8 Å². The maximum absolute atomic E-state index is 12.6. The molecule has 0 bridgehead atoms. The molecule has 3 rings (SSSR count). The SMILES string of the molecule is C=CCn1c(SCC(=O)Nc2ccccc2CC)nnc1[C@@H](C)NC(=O)c1ccc(Cl)cc1. The molecule has 172 valence electrons. The Balaban J connectivity index is 1.67. The number of carbonyl (C=O) groups is 2. The number of aromatic nitrogens is 3. The average molecular weight is 484 g/mol. The van der Waals surface area contributed by atoms with Gasteiger partial charge in [0.2, 0.25) is 5.91 Å². The normalized spacial score (nSPS) is 11.6. The summed E-state index contributed by atoms with van der Waals surface area (Å²) >= 11 is 7.18. The third kappa shape index (κ3) is 6.46. The molecular weight excluding hydrogens is 458 g/mol. The van der Waals surface area contributed by atoms with Crippen LogP contribution in [0.1, 0.15) is 41.6 Å². The second kappa shape index (κ2) is 11.7. The number of rotatable bonds is 10. The van der Waals surface area contributed by atoms with Crippen LogP contribution in [0.2, 0.25) is 5.02 Å². The highest BCUT2D eigenvalue weighted by Crippen LogP contribution is 2.22. The minimum atomic E-state index is -0.403. The lowest BCUT2D eigenvalue weighted by Crippen LogP contribution is -2.28. The molecule has 2 amide bonds. The lowest BCUT2D eigenvalue weighted by atomic mass is 10.1. The van der Waals surface area contributed by atoms with Crippen LogP contribution in [0.15, 0.2) is 66.3 Å². The van der Waals surface area contributed by atoms with Gasteiger partial charge >= 0.3 is 0 Å². The number of benzene rings is 2. The average Bonchev–Trinajstić information content (AvgIpc) is 3.21. The minimum Gasteiger partial charge on any atom is -0.342 e. The first-order valence-corrected chi connectivity index (χ1v) is 11.9. The van der Waals surface area contributed by atoms with E-state index in [0.29, 0.717) is 28.1 Å². The van der Waals surface area contributed by atoms with Gasteiger partial charge in [-0.2, -0.15) is 0 Å². The molecule has 0 aliphatic heterocycles. The van der Waals surface area contributed by atoms with Gasteiger partial charge in [-0.05, 0) is 49.2 Å². The van der Waals surface area contributed by atoms with E-state index in [9.17, 15) is 9.59 Å². The van der Waals surface area contributed by atoms with Gasteiger partial charge in [0.1, 0.15) is 0 Å². The number of nitrogens with one attached hydrogen (secondary N) is 2. The predicted molar refractivity (Wildman–Crippen MR) is 133 cm³/mol. The highest BCUT2D eigenvalue weighted by Gasteiger charge is 2.20. The van der Waals surface area contributed by atoms with Crippen molar-refractivity contribution in [2.75, 3.05) is 11.1 Å². The molecule has 1 atom stereocenters. The van der Waals surface area contributed by atoms with Crippen molar-refractivity contribution in [1.29, 1.82) is 0 Å². The summed E-state index contributed by atoms with van der Waals surface area (Å²) < 4.78 is 1.84. The van der Waals surface area contributed by atoms with E-state index >= 15 is 0 Å². The zero-order valence-corrected chi connectivity index (χ0v) is 20.1. The molecule has 1 heterocycles. The van der Waals surface area contributed by atoms with E-state index in [4.69, 9.17) is 11.6 Å². The van der Waals surface area contributed by atoms with E-state index < -0.39 is 6.04 Å². The number of halogens is 1. The Bertz CT molecular complexity index is 1130. The molecule has 0 aliphatic carbocycles. The van der Waals surface area contributed by atoms with Gasteiger partial charge in [-0.25, -0.2) is 0 Å². The monoisotopic (exact) mass is 483 g/mol. The van der Waals surface area contributed by atoms with Crippen LogP contribution < -0.4 is 10.6 Å². The second-order valence-electron chi connectivity index (χ2n) is 7.29. The number of allylic oxidation sites excluding steroid dienone is 1. The molecule has 0 fully saturated rings. The summed E-state index contributed by atoms with van der Waals surface area (Å²) in [6, 6.07) is 14.0. The molecule has 0 aliphatic rings. The molecule has 0 radical (unpaired) electrons. The zero-order valence-electron chi connectivity index (χ0n) is 18.5. The summed E-state index contributed by atoms with van der Waals surface area (Å²) in [6.07, 6.45) is 2.56. The molecule has 33 heavy (non-hydrogen) atoms. The number of anilines is 1. The Morgan fingerprint density at radius 2 is 1.91 bits per heavy atom. The molecule has 0 saturated heterocycles. The third-order valence-electron chi connectivity index (χ3n) is 4.90. The van der Waals surface area contributed by atoms with Crippen molar-refractivity contribution in [3.05, 3.63) is 83.2 Å². The highest BCUT2D eigenvalue weighted by atomic mass is 35.5. The molecular formula is C24H26ClN5O2S. The van der Waals surface area contributed by atoms with E-state index in [1.807, 2.05) is 42.7 Å². The van der Waals surface area contributed by atoms with Crippen LogP contribution in [0.4, 0.5) is 5.69 Å². The first-order chi connectivity index (χ1) is 15.9. The fourth-order valence-corrected chi connectivity index (χ4v) is 4.12. The molecule has 2 aromatic carbocycles. The first kappa shape index (κ1) is 24.5. The summed E-state index contributed by atoms with van der Waals surface area (Å²) in [6.45, 7) is 8.13. The molecule has 0 spiro atoms. The van der Waals surface area contributed by atoms with E-state index in [2.05, 4.69) is 27.4 Å². The summed E-state index contributed by atoms with van der Waals surface area (Å²) in [5.74, 6) is 0.394. The number of aryl methyl sites for hydroxylation is 1. The molecule has 3 aromatic rings. The molecule has 2 N–H and O–H groups in total. The Morgan fingerprint density at radius 1 is 1.18 bits per heavy atom. The van der Waals surface area contributed by atoms with Crippen LogP contribution in [0, 0.1) is 0 Å². The van der Waals surface area contributed by atoms with Crippen LogP contribution in [-0.4, -0.2) is 32.3 Å². The van der Waals surface area contributed by atoms with Crippen molar-refractivity contribution in [2.45, 2.75) is 38.0 Å². The molecule has 0 saturated carbocycles. The van der Waals surface area contributed by atoms with Crippen molar-refractivity contribution in [3.63, 3.8) is 0 Å². The Kier molecular flexibility index (Phi) is 8.68. The number of carbonyl (C=O) groups excluding carboxylic acids is 2. The van der Waals surface area contributed by atoms with Gasteiger partial charge in [0.25, 0.3) is 5.91 Å². The lowest BCUT2D eigenvalue weighted by molar-refractivity contribution is -0.113. The minimum absolute atomic E-state index is 0.125. The zero-order chi connectivity index (χ0) is 23.8. The number of amides is 2. The molecule has 1 aromatic heterocycles. The van der Waals surface area contributed by atoms with E-state index in [1.54, 1.807) is 30.3 Å². The summed E-state index contributed by atoms with van der Waals surface area (Å²) in [5.41, 5.74) is 2.40. The van der Waals surface area contributed by atoms with Crippen molar-refractivity contribution in [3.8, 4) is 0 Å². The summed E-state index contributed by atoms with van der Waals surface area (Å²) in [7, 11) is 0. The number of hydrogen-bond donors (Lipinski definition) is 2. The topological polar surface area (TPSA) is 88.9 Å². The second-order valence-corrected chi connectivity index (χ2v) is 8.67. The highest BCUT2D eigenvalue weighted by molar-refractivity contribution is 7.99. The lowest BCUT2D eigenvalue weighted by Gasteiger charge is -2.15. The van der Waals surface area contributed by atoms with Gasteiger partial charge in [-0.1, -0.05) is 54.6 Å². The first-order valence-electron chi connectivity index (χ1n) is 10.5. The van der Waals surface area contributed by atoms with Gasteiger partial charge in [-0.3, -0.25) is 9.59 Å². The predicted octanol–water partition coefficient (Wildman–Crippen LogP) is 4.90. The maximum atomic E-state index is 12.6. The van der Waals surface area contributed by atoms with Gasteiger partial charge in [0.05, 0.1) is 11.8 Å². The largest absolute Gasteiger partial charge is 0.342 e. The van der Waals surface area contributed by atoms with Crippen LogP contribution in [0.25, 0.3) is 0 Å². The van der Waals surface area contributed by atoms with Gasteiger partial charge in [-0.15, -0.1) is 16.8 Å². The number of thioether (sulfide) groups is 1. The molecule has 7 nitrogen and oxygen atoms in total. The van der Waals surface area contributed by atoms with Crippen LogP contribution in [-0.2, 0) is 17.8 Å². The standard InChI is InChI=1S/C24H26ClN5O2S/c1-4-14-30-22(16(3)26-23(32)18-10-12-19(25)13-11-18)28-29-24(30)33-15-21(31)27-20-9-7-6-8-17(20)5-2/h4,6-13,16H,1,5,14-15H2,2-3H3,(H,26,32)(H,27,31)/t16-/m1/s1. The van der Waals surface area contributed by atoms with Crippen LogP contribution in [0.5, 0.6) is 0 Å². The number of para-hydroxylation sites is 1. The van der Waals surface area contributed by atoms with Gasteiger partial charge < -0.3 is 15.2 Å². The van der Waals surface area contributed by atoms with Gasteiger partial charge in [0.15, 0.2) is 11.0 Å². The van der Waals surface area contributed by atoms with Crippen LogP contribution >= 0.6 is 23.4 Å². The Hall–Kier alpha value is -3.10. The third-order valence-corrected chi connectivity index (χ3v) is 6.12. The molecule has 0 unspecified atom stereocenters. The summed E-state index contributed by atoms with van der Waals surface area (Å²) in [5, 5.41) is 15.5. The number of nitrogens with zero attached hydrogens (tertiary/aromatic N) is 3. The van der Waals surface area contributed by atoms with E-state index in [1.165, 1.54) is 11.8 Å². The molecule has 9 heteroatoms. The fraction of sp³-hybridized carbons (Fsp3) is 0.250. The summed E-state index contributed by atoms with van der Waals surface area (Å²) in [4.78, 5) is 25.1. The quantitative estimate of drug-likeness (QED) is 0.316. The van der Waals surface area contributed by atoms with Crippen molar-refractivity contribution in [2.24, 2.45) is 0 Å². The van der Waals surface area contributed by atoms with E-state index in [0.717, 1.165) is 17.7 Å². The van der Waals surface area contributed by atoms with Crippen molar-refractivity contribution >= 4 is 40.9 Å². The number of hydrogen-bond acceptors (Lipinski definition) is 5. The Morgan fingerprint density at radius 3 is 2.61 bits per heavy atom. The maximum Gasteiger partial charge on any atom is 0.251 e. The van der Waals surface area contributed by atoms with Crippen molar-refractivity contribution < 1.29 is 9.59 Å². The van der Waals surface area contributed by atoms with Crippen molar-refractivity contribution in [1.82, 2.24) is 20.1 Å².